The third-order valence-electron chi connectivity index (χ3n) is 5.24. The summed E-state index contributed by atoms with van der Waals surface area (Å²) in [6.07, 6.45) is 4.16. The van der Waals surface area contributed by atoms with Crippen LogP contribution in [-0.4, -0.2) is 39.8 Å². The van der Waals surface area contributed by atoms with Gasteiger partial charge < -0.3 is 14.4 Å². The molecule has 0 saturated carbocycles. The van der Waals surface area contributed by atoms with Gasteiger partial charge in [-0.2, -0.15) is 13.7 Å². The Morgan fingerprint density at radius 2 is 2.00 bits per heavy atom. The van der Waals surface area contributed by atoms with E-state index in [1.54, 1.807) is 6.20 Å². The molecular weight excluding hydrogens is 382 g/mol. The van der Waals surface area contributed by atoms with E-state index in [-0.39, 0.29) is 6.79 Å². The number of hydrogen-bond acceptors (Lipinski definition) is 7. The Labute approximate surface area is 163 Å². The highest BCUT2D eigenvalue weighted by Crippen LogP contribution is 2.40. The lowest BCUT2D eigenvalue weighted by Gasteiger charge is -2.34. The maximum atomic E-state index is 11.0. The summed E-state index contributed by atoms with van der Waals surface area (Å²) < 4.78 is 35.2. The summed E-state index contributed by atoms with van der Waals surface area (Å²) in [6, 6.07) is 5.98. The molecule has 0 atom stereocenters. The van der Waals surface area contributed by atoms with E-state index >= 15 is 0 Å². The average molecular weight is 403 g/mol. The van der Waals surface area contributed by atoms with Gasteiger partial charge in [0, 0.05) is 37.3 Å². The lowest BCUT2D eigenvalue weighted by molar-refractivity contribution is 0.174. The SMILES string of the molecule is N#Cc1cnc2cc3c(cc2c1N1CCC(CCNS(N)(=O)=O)CC1)OCO3. The largest absolute Gasteiger partial charge is 0.454 e. The molecule has 1 aromatic carbocycles. The first kappa shape index (κ1) is 18.7. The Morgan fingerprint density at radius 3 is 2.68 bits per heavy atom. The van der Waals surface area contributed by atoms with Crippen molar-refractivity contribution < 1.29 is 17.9 Å². The Morgan fingerprint density at radius 1 is 1.29 bits per heavy atom. The number of hydrogen-bond donors (Lipinski definition) is 2. The summed E-state index contributed by atoms with van der Waals surface area (Å²) in [6.45, 7) is 2.09. The number of fused-ring (bicyclic) bond motifs is 2. The maximum Gasteiger partial charge on any atom is 0.274 e. The fourth-order valence-electron chi connectivity index (χ4n) is 3.84. The molecule has 2 aromatic rings. The molecule has 3 N–H and O–H groups in total. The Balaban J connectivity index is 1.54. The van der Waals surface area contributed by atoms with Crippen molar-refractivity contribution >= 4 is 26.8 Å². The third kappa shape index (κ3) is 3.82. The van der Waals surface area contributed by atoms with Crippen LogP contribution in [0.5, 0.6) is 11.5 Å². The molecule has 0 unspecified atom stereocenters. The van der Waals surface area contributed by atoms with E-state index in [1.165, 1.54) is 0 Å². The highest BCUT2D eigenvalue weighted by Gasteiger charge is 2.25. The lowest BCUT2D eigenvalue weighted by Crippen LogP contribution is -2.37. The Hall–Kier alpha value is -2.61. The molecule has 0 spiro atoms. The van der Waals surface area contributed by atoms with Gasteiger partial charge in [0.15, 0.2) is 11.5 Å². The fourth-order valence-corrected chi connectivity index (χ4v) is 4.24. The van der Waals surface area contributed by atoms with Crippen LogP contribution in [0, 0.1) is 17.2 Å². The molecule has 0 bridgehead atoms. The molecule has 1 fully saturated rings. The second-order valence-electron chi connectivity index (χ2n) is 7.01. The zero-order valence-corrected chi connectivity index (χ0v) is 16.0. The van der Waals surface area contributed by atoms with Crippen molar-refractivity contribution in [2.45, 2.75) is 19.3 Å². The minimum Gasteiger partial charge on any atom is -0.454 e. The monoisotopic (exact) mass is 403 g/mol. The van der Waals surface area contributed by atoms with Crippen LogP contribution in [0.3, 0.4) is 0 Å². The quantitative estimate of drug-likeness (QED) is 0.768. The fraction of sp³-hybridized carbons (Fsp3) is 0.444. The van der Waals surface area contributed by atoms with Crippen LogP contribution in [0.15, 0.2) is 18.3 Å². The van der Waals surface area contributed by atoms with E-state index in [9.17, 15) is 13.7 Å². The van der Waals surface area contributed by atoms with Gasteiger partial charge in [0.2, 0.25) is 6.79 Å². The standard InChI is InChI=1S/C18H21N5O4S/c19-9-13-10-21-15-8-17-16(26-11-27-17)7-14(15)18(13)23-5-2-12(3-6-23)1-4-22-28(20,24)25/h7-8,10,12,22H,1-6,11H2,(H2,20,24,25). The molecule has 9 nitrogen and oxygen atoms in total. The second kappa shape index (κ2) is 7.43. The molecule has 0 amide bonds. The first-order valence-corrected chi connectivity index (χ1v) is 10.6. The number of benzene rings is 1. The van der Waals surface area contributed by atoms with Crippen molar-refractivity contribution in [2.75, 3.05) is 31.3 Å². The summed E-state index contributed by atoms with van der Waals surface area (Å²) in [5, 5.41) is 15.4. The van der Waals surface area contributed by atoms with Crippen molar-refractivity contribution in [1.29, 1.82) is 5.26 Å². The van der Waals surface area contributed by atoms with E-state index < -0.39 is 10.2 Å². The Bertz CT molecular complexity index is 1040. The molecule has 2 aliphatic rings. The van der Waals surface area contributed by atoms with Crippen LogP contribution in [-0.2, 0) is 10.2 Å². The molecule has 28 heavy (non-hydrogen) atoms. The molecule has 0 radical (unpaired) electrons. The predicted octanol–water partition coefficient (Wildman–Crippen LogP) is 1.23. The van der Waals surface area contributed by atoms with Crippen LogP contribution in [0.2, 0.25) is 0 Å². The highest BCUT2D eigenvalue weighted by molar-refractivity contribution is 7.87. The summed E-state index contributed by atoms with van der Waals surface area (Å²) in [4.78, 5) is 6.60. The van der Waals surface area contributed by atoms with Crippen molar-refractivity contribution in [3.8, 4) is 17.6 Å². The van der Waals surface area contributed by atoms with Gasteiger partial charge in [0.25, 0.3) is 10.2 Å². The summed E-state index contributed by atoms with van der Waals surface area (Å²) in [5.41, 5.74) is 2.16. The van der Waals surface area contributed by atoms with Crippen LogP contribution in [0.25, 0.3) is 10.9 Å². The molecule has 2 aliphatic heterocycles. The van der Waals surface area contributed by atoms with Gasteiger partial charge in [-0.1, -0.05) is 0 Å². The number of piperidine rings is 1. The smallest absolute Gasteiger partial charge is 0.274 e. The molecule has 148 valence electrons. The van der Waals surface area contributed by atoms with Crippen molar-refractivity contribution in [1.82, 2.24) is 9.71 Å². The number of nitriles is 1. The number of nitrogens with zero attached hydrogens (tertiary/aromatic N) is 3. The molecule has 10 heteroatoms. The second-order valence-corrected chi connectivity index (χ2v) is 8.39. The summed E-state index contributed by atoms with van der Waals surface area (Å²) in [5.74, 6) is 1.73. The summed E-state index contributed by atoms with van der Waals surface area (Å²) >= 11 is 0. The van der Waals surface area contributed by atoms with Crippen molar-refractivity contribution in [3.05, 3.63) is 23.9 Å². The molecule has 1 saturated heterocycles. The topological polar surface area (TPSA) is 131 Å². The van der Waals surface area contributed by atoms with Crippen molar-refractivity contribution in [2.24, 2.45) is 11.1 Å². The first-order chi connectivity index (χ1) is 13.4. The number of anilines is 1. The Kier molecular flexibility index (Phi) is 4.97. The number of ether oxygens (including phenoxy) is 2. The third-order valence-corrected chi connectivity index (χ3v) is 5.85. The number of nitrogens with two attached hydrogens (primary N) is 1. The maximum absolute atomic E-state index is 11.0. The molecule has 0 aliphatic carbocycles. The predicted molar refractivity (Wildman–Crippen MR) is 103 cm³/mol. The zero-order valence-electron chi connectivity index (χ0n) is 15.2. The van der Waals surface area contributed by atoms with Crippen LogP contribution >= 0.6 is 0 Å². The van der Waals surface area contributed by atoms with Gasteiger partial charge in [-0.15, -0.1) is 0 Å². The van der Waals surface area contributed by atoms with Crippen molar-refractivity contribution in [3.63, 3.8) is 0 Å². The number of rotatable bonds is 5. The summed E-state index contributed by atoms with van der Waals surface area (Å²) in [7, 11) is -3.64. The molecule has 1 aromatic heterocycles. The molecule has 4 rings (SSSR count). The van der Waals surface area contributed by atoms with Crippen LogP contribution in [0.1, 0.15) is 24.8 Å². The van der Waals surface area contributed by atoms with Gasteiger partial charge in [-0.05, 0) is 31.2 Å². The highest BCUT2D eigenvalue weighted by atomic mass is 32.2. The number of pyridine rings is 1. The average Bonchev–Trinajstić information content (AvgIpc) is 3.12. The first-order valence-electron chi connectivity index (χ1n) is 9.09. The lowest BCUT2D eigenvalue weighted by atomic mass is 9.92. The minimum atomic E-state index is -3.64. The number of nitrogens with one attached hydrogen (secondary N) is 1. The van der Waals surface area contributed by atoms with E-state index in [0.29, 0.717) is 29.5 Å². The minimum absolute atomic E-state index is 0.185. The van der Waals surface area contributed by atoms with Gasteiger partial charge in [0.1, 0.15) is 6.07 Å². The van der Waals surface area contributed by atoms with E-state index in [2.05, 4.69) is 20.7 Å². The molecule has 3 heterocycles. The number of aromatic nitrogens is 1. The van der Waals surface area contributed by atoms with Crippen LogP contribution in [0.4, 0.5) is 5.69 Å². The van der Waals surface area contributed by atoms with Gasteiger partial charge in [-0.25, -0.2) is 9.86 Å². The van der Waals surface area contributed by atoms with Crippen LogP contribution < -0.4 is 24.2 Å². The normalized spacial score (nSPS) is 17.1. The van der Waals surface area contributed by atoms with E-state index in [0.717, 1.165) is 48.9 Å². The van der Waals surface area contributed by atoms with E-state index in [4.69, 9.17) is 14.6 Å². The van der Waals surface area contributed by atoms with E-state index in [1.807, 2.05) is 12.1 Å². The zero-order chi connectivity index (χ0) is 19.7. The van der Waals surface area contributed by atoms with Gasteiger partial charge in [-0.3, -0.25) is 4.98 Å². The van der Waals surface area contributed by atoms with Gasteiger partial charge in [0.05, 0.1) is 16.8 Å². The van der Waals surface area contributed by atoms with Gasteiger partial charge >= 0.3 is 0 Å². The molecular formula is C18H21N5O4S.